The largest absolute Gasteiger partial charge is 0.464 e. The Balaban J connectivity index is 2.24. The molecule has 0 aromatic heterocycles. The topological polar surface area (TPSA) is 90.7 Å². The van der Waals surface area contributed by atoms with E-state index in [1.807, 2.05) is 6.07 Å². The Morgan fingerprint density at radius 2 is 2.00 bits per heavy atom. The fourth-order valence-corrected chi connectivity index (χ4v) is 2.21. The standard InChI is InChI=1S/C16H20N2O4/c1-3-21-14(19)12-7-5-6-11(8-12)13-9-16(17,10-18-13)15(20)22-4-2/h5-9,18H,3-4,10,17H2,1-2H3. The number of hydrogen-bond donors (Lipinski definition) is 2. The maximum absolute atomic E-state index is 11.9. The van der Waals surface area contributed by atoms with E-state index in [-0.39, 0.29) is 19.1 Å². The molecule has 6 heteroatoms. The molecule has 1 atom stereocenters. The van der Waals surface area contributed by atoms with Gasteiger partial charge in [0.2, 0.25) is 0 Å². The van der Waals surface area contributed by atoms with Gasteiger partial charge in [-0.2, -0.15) is 0 Å². The van der Waals surface area contributed by atoms with E-state index in [1.165, 1.54) is 0 Å². The Kier molecular flexibility index (Phi) is 4.82. The zero-order chi connectivity index (χ0) is 16.2. The smallest absolute Gasteiger partial charge is 0.338 e. The average Bonchev–Trinajstić information content (AvgIpc) is 2.92. The highest BCUT2D eigenvalue weighted by Crippen LogP contribution is 2.23. The summed E-state index contributed by atoms with van der Waals surface area (Å²) >= 11 is 0. The molecule has 1 aromatic rings. The molecule has 0 spiro atoms. The van der Waals surface area contributed by atoms with Crippen molar-refractivity contribution >= 4 is 17.6 Å². The third kappa shape index (κ3) is 3.28. The molecule has 1 aliphatic heterocycles. The van der Waals surface area contributed by atoms with E-state index in [9.17, 15) is 9.59 Å². The highest BCUT2D eigenvalue weighted by Gasteiger charge is 2.38. The van der Waals surface area contributed by atoms with Crippen LogP contribution in [-0.4, -0.2) is 37.2 Å². The van der Waals surface area contributed by atoms with E-state index in [0.29, 0.717) is 17.9 Å². The number of hydrogen-bond acceptors (Lipinski definition) is 6. The first-order valence-electron chi connectivity index (χ1n) is 7.20. The van der Waals surface area contributed by atoms with Crippen LogP contribution in [0, 0.1) is 0 Å². The number of esters is 2. The second kappa shape index (κ2) is 6.62. The molecule has 2 rings (SSSR count). The Bertz CT molecular complexity index is 612. The predicted octanol–water partition coefficient (Wildman–Crippen LogP) is 1.07. The van der Waals surface area contributed by atoms with Crippen molar-refractivity contribution in [3.63, 3.8) is 0 Å². The quantitative estimate of drug-likeness (QED) is 0.791. The van der Waals surface area contributed by atoms with Gasteiger partial charge in [-0.3, -0.25) is 0 Å². The Labute approximate surface area is 129 Å². The third-order valence-corrected chi connectivity index (χ3v) is 3.31. The first-order valence-corrected chi connectivity index (χ1v) is 7.20. The van der Waals surface area contributed by atoms with Crippen LogP contribution in [0.2, 0.25) is 0 Å². The van der Waals surface area contributed by atoms with Crippen LogP contribution in [0.25, 0.3) is 5.70 Å². The van der Waals surface area contributed by atoms with Gasteiger partial charge in [0, 0.05) is 12.2 Å². The molecule has 0 amide bonds. The van der Waals surface area contributed by atoms with Crippen molar-refractivity contribution < 1.29 is 19.1 Å². The summed E-state index contributed by atoms with van der Waals surface area (Å²) < 4.78 is 9.96. The summed E-state index contributed by atoms with van der Waals surface area (Å²) in [7, 11) is 0. The molecule has 3 N–H and O–H groups in total. The first kappa shape index (κ1) is 16.0. The van der Waals surface area contributed by atoms with Crippen LogP contribution in [0.3, 0.4) is 0 Å². The van der Waals surface area contributed by atoms with E-state index in [4.69, 9.17) is 15.2 Å². The minimum Gasteiger partial charge on any atom is -0.464 e. The number of nitrogens with one attached hydrogen (secondary N) is 1. The lowest BCUT2D eigenvalue weighted by atomic mass is 10.0. The Morgan fingerprint density at radius 3 is 2.68 bits per heavy atom. The lowest BCUT2D eigenvalue weighted by molar-refractivity contribution is -0.147. The molecule has 0 saturated heterocycles. The Morgan fingerprint density at radius 1 is 1.27 bits per heavy atom. The molecule has 118 valence electrons. The van der Waals surface area contributed by atoms with Crippen molar-refractivity contribution in [2.45, 2.75) is 19.4 Å². The molecule has 0 radical (unpaired) electrons. The SMILES string of the molecule is CCOC(=O)c1cccc(C2=CC(N)(C(=O)OCC)CN2)c1. The van der Waals surface area contributed by atoms with Gasteiger partial charge in [-0.05, 0) is 37.6 Å². The van der Waals surface area contributed by atoms with Gasteiger partial charge in [0.15, 0.2) is 5.54 Å². The van der Waals surface area contributed by atoms with Gasteiger partial charge in [-0.15, -0.1) is 0 Å². The second-order valence-corrected chi connectivity index (χ2v) is 4.97. The molecule has 1 aromatic carbocycles. The Hall–Kier alpha value is -2.34. The molecule has 0 saturated carbocycles. The first-order chi connectivity index (χ1) is 10.5. The van der Waals surface area contributed by atoms with Gasteiger partial charge in [0.1, 0.15) is 0 Å². The molecule has 1 aliphatic rings. The minimum absolute atomic E-state index is 0.255. The van der Waals surface area contributed by atoms with Crippen LogP contribution < -0.4 is 11.1 Å². The van der Waals surface area contributed by atoms with Crippen LogP contribution in [0.5, 0.6) is 0 Å². The summed E-state index contributed by atoms with van der Waals surface area (Å²) in [5.41, 5.74) is 6.78. The predicted molar refractivity (Wildman–Crippen MR) is 81.9 cm³/mol. The maximum atomic E-state index is 11.9. The summed E-state index contributed by atoms with van der Waals surface area (Å²) in [4.78, 5) is 23.7. The normalized spacial score (nSPS) is 20.0. The van der Waals surface area contributed by atoms with Crippen molar-refractivity contribution in [1.29, 1.82) is 0 Å². The highest BCUT2D eigenvalue weighted by atomic mass is 16.5. The molecule has 0 aliphatic carbocycles. The van der Waals surface area contributed by atoms with Crippen molar-refractivity contribution in [1.82, 2.24) is 5.32 Å². The van der Waals surface area contributed by atoms with Crippen LogP contribution in [0.1, 0.15) is 29.8 Å². The number of ether oxygens (including phenoxy) is 2. The van der Waals surface area contributed by atoms with E-state index < -0.39 is 11.5 Å². The molecule has 1 heterocycles. The molecule has 22 heavy (non-hydrogen) atoms. The van der Waals surface area contributed by atoms with Crippen LogP contribution in [0.15, 0.2) is 30.3 Å². The molecule has 0 fully saturated rings. The van der Waals surface area contributed by atoms with Gasteiger partial charge >= 0.3 is 11.9 Å². The monoisotopic (exact) mass is 304 g/mol. The van der Waals surface area contributed by atoms with Gasteiger partial charge in [-0.1, -0.05) is 12.1 Å². The number of carbonyl (C=O) groups excluding carboxylic acids is 2. The number of rotatable bonds is 5. The lowest BCUT2D eigenvalue weighted by Gasteiger charge is -2.17. The lowest BCUT2D eigenvalue weighted by Crippen LogP contribution is -2.50. The summed E-state index contributed by atoms with van der Waals surface area (Å²) in [6.07, 6.45) is 1.63. The summed E-state index contributed by atoms with van der Waals surface area (Å²) in [5.74, 6) is -0.855. The number of benzene rings is 1. The summed E-state index contributed by atoms with van der Waals surface area (Å²) in [6.45, 7) is 4.34. The van der Waals surface area contributed by atoms with Crippen molar-refractivity contribution in [3.8, 4) is 0 Å². The number of carbonyl (C=O) groups is 2. The fraction of sp³-hybridized carbons (Fsp3) is 0.375. The fourth-order valence-electron chi connectivity index (χ4n) is 2.21. The zero-order valence-electron chi connectivity index (χ0n) is 12.7. The van der Waals surface area contributed by atoms with E-state index in [0.717, 1.165) is 5.56 Å². The van der Waals surface area contributed by atoms with Gasteiger partial charge in [0.25, 0.3) is 0 Å². The van der Waals surface area contributed by atoms with E-state index in [1.54, 1.807) is 38.1 Å². The van der Waals surface area contributed by atoms with Gasteiger partial charge < -0.3 is 20.5 Å². The molecule has 6 nitrogen and oxygen atoms in total. The van der Waals surface area contributed by atoms with Crippen molar-refractivity contribution in [2.75, 3.05) is 19.8 Å². The molecular weight excluding hydrogens is 284 g/mol. The number of nitrogens with two attached hydrogens (primary N) is 1. The molecule has 0 bridgehead atoms. The third-order valence-electron chi connectivity index (χ3n) is 3.31. The minimum atomic E-state index is -1.19. The van der Waals surface area contributed by atoms with Crippen molar-refractivity contribution in [2.24, 2.45) is 5.73 Å². The zero-order valence-corrected chi connectivity index (χ0v) is 12.7. The molecule has 1 unspecified atom stereocenters. The van der Waals surface area contributed by atoms with Crippen molar-refractivity contribution in [3.05, 3.63) is 41.5 Å². The van der Waals surface area contributed by atoms with Crippen LogP contribution in [0.4, 0.5) is 0 Å². The van der Waals surface area contributed by atoms with Crippen LogP contribution >= 0.6 is 0 Å². The van der Waals surface area contributed by atoms with Gasteiger partial charge in [0.05, 0.1) is 18.8 Å². The van der Waals surface area contributed by atoms with E-state index >= 15 is 0 Å². The highest BCUT2D eigenvalue weighted by molar-refractivity contribution is 5.92. The summed E-state index contributed by atoms with van der Waals surface area (Å²) in [6, 6.07) is 6.97. The summed E-state index contributed by atoms with van der Waals surface area (Å²) in [5, 5.41) is 3.08. The van der Waals surface area contributed by atoms with E-state index in [2.05, 4.69) is 5.32 Å². The van der Waals surface area contributed by atoms with Gasteiger partial charge in [-0.25, -0.2) is 9.59 Å². The average molecular weight is 304 g/mol. The maximum Gasteiger partial charge on any atom is 0.338 e. The second-order valence-electron chi connectivity index (χ2n) is 4.97. The molecular formula is C16H20N2O4. The van der Waals surface area contributed by atoms with Crippen LogP contribution in [-0.2, 0) is 14.3 Å².